The molecule has 0 saturated carbocycles. The maximum atomic E-state index is 13.8. The van der Waals surface area contributed by atoms with E-state index in [1.165, 1.54) is 33.6 Å². The monoisotopic (exact) mass is 671 g/mol. The number of thioether (sulfide) groups is 1. The molecule has 1 N–H and O–H groups in total. The lowest BCUT2D eigenvalue weighted by molar-refractivity contribution is -0.132. The van der Waals surface area contributed by atoms with Crippen LogP contribution in [0.4, 0.5) is 5.13 Å². The van der Waals surface area contributed by atoms with E-state index in [4.69, 9.17) is 14.2 Å². The molecule has 2 atom stereocenters. The molecule has 0 spiro atoms. The highest BCUT2D eigenvalue weighted by Gasteiger charge is 2.48. The van der Waals surface area contributed by atoms with E-state index >= 15 is 0 Å². The molecule has 11 heteroatoms. The van der Waals surface area contributed by atoms with Crippen molar-refractivity contribution in [3.8, 4) is 17.2 Å². The summed E-state index contributed by atoms with van der Waals surface area (Å²) >= 11 is 2.73. The van der Waals surface area contributed by atoms with Gasteiger partial charge in [-0.05, 0) is 73.2 Å². The maximum absolute atomic E-state index is 13.8. The summed E-state index contributed by atoms with van der Waals surface area (Å²) in [6.07, 6.45) is 1.56. The standard InChI is InChI=1S/C36H37N3O6S2/c1-20(2)14-15-44-28-13-10-24(18-29(28)43-5)31-30(32(40)25-11-12-27-26(17-25)16-22(4)45-27)33(41)34(42)39(31)35-37-38-36(47-35)46-19-23-8-6-21(3)7-9-23/h6-13,17-18,20,22,31,40H,14-16,19H2,1-5H3/b32-30+. The van der Waals surface area contributed by atoms with Crippen molar-refractivity contribution in [3.05, 3.63) is 94.1 Å². The third-order valence-corrected chi connectivity index (χ3v) is 10.3. The summed E-state index contributed by atoms with van der Waals surface area (Å²) in [4.78, 5) is 28.9. The van der Waals surface area contributed by atoms with Crippen molar-refractivity contribution in [2.75, 3.05) is 18.6 Å². The van der Waals surface area contributed by atoms with Crippen LogP contribution in [0.15, 0.2) is 70.6 Å². The fraction of sp³-hybridized carbons (Fsp3) is 0.333. The Bertz CT molecular complexity index is 1830. The lowest BCUT2D eigenvalue weighted by atomic mass is 9.94. The summed E-state index contributed by atoms with van der Waals surface area (Å²) in [6, 6.07) is 17.9. The molecule has 1 aromatic heterocycles. The van der Waals surface area contributed by atoms with Gasteiger partial charge in [0.15, 0.2) is 15.8 Å². The zero-order valence-electron chi connectivity index (χ0n) is 27.0. The number of aromatic nitrogens is 2. The van der Waals surface area contributed by atoms with Crippen LogP contribution in [0.5, 0.6) is 17.2 Å². The number of amides is 1. The average molecular weight is 672 g/mol. The fourth-order valence-electron chi connectivity index (χ4n) is 5.64. The summed E-state index contributed by atoms with van der Waals surface area (Å²) in [5, 5.41) is 20.7. The highest BCUT2D eigenvalue weighted by molar-refractivity contribution is 8.00. The Kier molecular flexibility index (Phi) is 9.56. The van der Waals surface area contributed by atoms with Crippen molar-refractivity contribution in [2.45, 2.75) is 62.8 Å². The number of ketones is 1. The topological polar surface area (TPSA) is 111 Å². The largest absolute Gasteiger partial charge is 0.507 e. The first kappa shape index (κ1) is 32.6. The van der Waals surface area contributed by atoms with Gasteiger partial charge in [0, 0.05) is 17.7 Å². The van der Waals surface area contributed by atoms with E-state index in [0.29, 0.717) is 51.7 Å². The number of anilines is 1. The van der Waals surface area contributed by atoms with Gasteiger partial charge in [0.25, 0.3) is 5.78 Å². The molecule has 47 heavy (non-hydrogen) atoms. The van der Waals surface area contributed by atoms with Gasteiger partial charge in [-0.2, -0.15) is 0 Å². The number of hydrogen-bond acceptors (Lipinski definition) is 10. The third kappa shape index (κ3) is 6.87. The molecule has 9 nitrogen and oxygen atoms in total. The summed E-state index contributed by atoms with van der Waals surface area (Å²) in [6.45, 7) is 8.79. The molecule has 4 aromatic rings. The second-order valence-electron chi connectivity index (χ2n) is 12.2. The third-order valence-electron chi connectivity index (χ3n) is 8.15. The molecular formula is C36H37N3O6S2. The first-order chi connectivity index (χ1) is 22.6. The number of benzene rings is 3. The molecular weight excluding hydrogens is 635 g/mol. The van der Waals surface area contributed by atoms with Crippen LogP contribution in [0.3, 0.4) is 0 Å². The predicted molar refractivity (Wildman–Crippen MR) is 184 cm³/mol. The number of carbonyl (C=O) groups is 2. The number of Topliss-reactive ketones (excluding diaryl/α,β-unsaturated/α-hetero) is 1. The zero-order chi connectivity index (χ0) is 33.2. The lowest BCUT2D eigenvalue weighted by Crippen LogP contribution is -2.29. The Labute approximate surface area is 282 Å². The maximum Gasteiger partial charge on any atom is 0.301 e. The number of aliphatic hydroxyl groups excluding tert-OH is 1. The van der Waals surface area contributed by atoms with Crippen molar-refractivity contribution in [3.63, 3.8) is 0 Å². The van der Waals surface area contributed by atoms with Gasteiger partial charge in [0.05, 0.1) is 25.3 Å². The van der Waals surface area contributed by atoms with Gasteiger partial charge in [-0.15, -0.1) is 10.2 Å². The second kappa shape index (κ2) is 13.8. The number of methoxy groups -OCH3 is 1. The quantitative estimate of drug-likeness (QED) is 0.0569. The zero-order valence-corrected chi connectivity index (χ0v) is 28.6. The molecule has 0 radical (unpaired) electrons. The van der Waals surface area contributed by atoms with Crippen LogP contribution in [0.2, 0.25) is 0 Å². The molecule has 2 aliphatic heterocycles. The van der Waals surface area contributed by atoms with Crippen molar-refractivity contribution >= 4 is 45.7 Å². The number of aryl methyl sites for hydroxylation is 1. The molecule has 2 aliphatic rings. The normalized spacial score (nSPS) is 18.5. The molecule has 3 heterocycles. The molecule has 0 aliphatic carbocycles. The van der Waals surface area contributed by atoms with E-state index < -0.39 is 17.7 Å². The van der Waals surface area contributed by atoms with E-state index in [1.807, 2.05) is 19.9 Å². The van der Waals surface area contributed by atoms with Gasteiger partial charge in [-0.3, -0.25) is 14.5 Å². The van der Waals surface area contributed by atoms with Crippen LogP contribution in [0.25, 0.3) is 5.76 Å². The smallest absolute Gasteiger partial charge is 0.301 e. The number of aliphatic hydroxyl groups is 1. The Morgan fingerprint density at radius 2 is 1.87 bits per heavy atom. The lowest BCUT2D eigenvalue weighted by Gasteiger charge is -2.23. The summed E-state index contributed by atoms with van der Waals surface area (Å²) in [5.41, 5.74) is 4.19. The first-order valence-electron chi connectivity index (χ1n) is 15.6. The molecule has 3 aromatic carbocycles. The van der Waals surface area contributed by atoms with Crippen LogP contribution in [0, 0.1) is 12.8 Å². The van der Waals surface area contributed by atoms with Crippen molar-refractivity contribution in [1.82, 2.24) is 10.2 Å². The van der Waals surface area contributed by atoms with Gasteiger partial charge >= 0.3 is 5.91 Å². The van der Waals surface area contributed by atoms with Crippen LogP contribution in [0.1, 0.15) is 61.1 Å². The molecule has 244 valence electrons. The molecule has 6 rings (SSSR count). The van der Waals surface area contributed by atoms with E-state index in [9.17, 15) is 14.7 Å². The SMILES string of the molecule is COc1cc(C2/C(=C(\O)c3ccc4c(c3)CC(C)O4)C(=O)C(=O)N2c2nnc(SCc3ccc(C)cc3)s2)ccc1OCCC(C)C. The van der Waals surface area contributed by atoms with Crippen LogP contribution in [-0.2, 0) is 21.8 Å². The van der Waals surface area contributed by atoms with E-state index in [2.05, 4.69) is 48.3 Å². The Morgan fingerprint density at radius 1 is 1.09 bits per heavy atom. The van der Waals surface area contributed by atoms with Crippen LogP contribution >= 0.6 is 23.1 Å². The fourth-order valence-corrected chi connectivity index (χ4v) is 7.46. The highest BCUT2D eigenvalue weighted by atomic mass is 32.2. The van der Waals surface area contributed by atoms with Gasteiger partial charge in [0.2, 0.25) is 5.13 Å². The van der Waals surface area contributed by atoms with E-state index in [-0.39, 0.29) is 22.6 Å². The number of hydrogen-bond donors (Lipinski definition) is 1. The summed E-state index contributed by atoms with van der Waals surface area (Å²) in [7, 11) is 1.54. The Hall–Kier alpha value is -4.35. The summed E-state index contributed by atoms with van der Waals surface area (Å²) < 4.78 is 18.2. The van der Waals surface area contributed by atoms with Gasteiger partial charge < -0.3 is 19.3 Å². The molecule has 1 fully saturated rings. The van der Waals surface area contributed by atoms with Crippen LogP contribution in [-0.4, -0.2) is 46.8 Å². The van der Waals surface area contributed by atoms with Gasteiger partial charge in [-0.1, -0.05) is 72.8 Å². The number of nitrogens with zero attached hydrogens (tertiary/aromatic N) is 3. The number of ether oxygens (including phenoxy) is 3. The summed E-state index contributed by atoms with van der Waals surface area (Å²) in [5.74, 6) is 1.02. The van der Waals surface area contributed by atoms with Gasteiger partial charge in [-0.25, -0.2) is 0 Å². The molecule has 2 unspecified atom stereocenters. The Morgan fingerprint density at radius 3 is 2.62 bits per heavy atom. The molecule has 1 saturated heterocycles. The number of fused-ring (bicyclic) bond motifs is 1. The second-order valence-corrected chi connectivity index (χ2v) is 14.4. The van der Waals surface area contributed by atoms with Crippen molar-refractivity contribution in [1.29, 1.82) is 0 Å². The highest BCUT2D eigenvalue weighted by Crippen LogP contribution is 2.46. The van der Waals surface area contributed by atoms with Gasteiger partial charge in [0.1, 0.15) is 17.6 Å². The van der Waals surface area contributed by atoms with E-state index in [0.717, 1.165) is 23.3 Å². The first-order valence-corrected chi connectivity index (χ1v) is 17.4. The molecule has 1 amide bonds. The average Bonchev–Trinajstić information content (AvgIpc) is 3.75. The minimum absolute atomic E-state index is 0.0113. The Balaban J connectivity index is 1.39. The minimum atomic E-state index is -0.986. The number of rotatable bonds is 11. The molecule has 0 bridgehead atoms. The minimum Gasteiger partial charge on any atom is -0.507 e. The predicted octanol–water partition coefficient (Wildman–Crippen LogP) is 7.52. The van der Waals surface area contributed by atoms with Crippen molar-refractivity contribution < 1.29 is 28.9 Å². The van der Waals surface area contributed by atoms with E-state index in [1.54, 1.807) is 37.4 Å². The number of carbonyl (C=O) groups excluding carboxylic acids is 2. The van der Waals surface area contributed by atoms with Crippen LogP contribution < -0.4 is 19.1 Å². The van der Waals surface area contributed by atoms with Crippen molar-refractivity contribution in [2.24, 2.45) is 5.92 Å².